The van der Waals surface area contributed by atoms with E-state index in [1.54, 1.807) is 11.3 Å². The summed E-state index contributed by atoms with van der Waals surface area (Å²) in [5, 5.41) is 8.26. The lowest BCUT2D eigenvalue weighted by Crippen LogP contribution is -2.43. The van der Waals surface area contributed by atoms with Crippen LogP contribution in [-0.4, -0.2) is 6.04 Å². The Balaban J connectivity index is 1.97. The van der Waals surface area contributed by atoms with Crippen LogP contribution in [0, 0.1) is 11.8 Å². The molecule has 0 bridgehead atoms. The lowest BCUT2D eigenvalue weighted by atomic mass is 9.78. The van der Waals surface area contributed by atoms with Crippen molar-refractivity contribution in [1.82, 2.24) is 5.32 Å². The molecule has 1 aliphatic carbocycles. The molecule has 1 aromatic rings. The molecule has 2 rings (SSSR count). The molecule has 0 radical (unpaired) electrons. The Morgan fingerprint density at radius 1 is 1.31 bits per heavy atom. The van der Waals surface area contributed by atoms with Crippen molar-refractivity contribution in [3.8, 4) is 0 Å². The van der Waals surface area contributed by atoms with Crippen LogP contribution in [-0.2, 0) is 0 Å². The number of nitrogens with one attached hydrogen (secondary N) is 1. The summed E-state index contributed by atoms with van der Waals surface area (Å²) in [6, 6.07) is 3.43. The summed E-state index contributed by atoms with van der Waals surface area (Å²) in [6.45, 7) is 7.08. The molecule has 1 aromatic heterocycles. The number of thiophene rings is 1. The lowest BCUT2D eigenvalue weighted by molar-refractivity contribution is 0.196. The lowest BCUT2D eigenvalue weighted by Gasteiger charge is -2.37. The minimum Gasteiger partial charge on any atom is -0.307 e. The third-order valence-electron chi connectivity index (χ3n) is 4.03. The van der Waals surface area contributed by atoms with Gasteiger partial charge in [0.15, 0.2) is 0 Å². The van der Waals surface area contributed by atoms with Crippen LogP contribution < -0.4 is 5.32 Å². The zero-order chi connectivity index (χ0) is 11.5. The van der Waals surface area contributed by atoms with Crippen LogP contribution >= 0.6 is 11.3 Å². The van der Waals surface area contributed by atoms with Crippen LogP contribution in [0.15, 0.2) is 16.8 Å². The second-order valence-corrected chi connectivity index (χ2v) is 6.14. The highest BCUT2D eigenvalue weighted by Gasteiger charge is 2.28. The van der Waals surface area contributed by atoms with Gasteiger partial charge in [-0.05, 0) is 54.0 Å². The van der Waals surface area contributed by atoms with Crippen LogP contribution in [0.2, 0.25) is 0 Å². The number of hydrogen-bond acceptors (Lipinski definition) is 2. The van der Waals surface area contributed by atoms with Gasteiger partial charge in [-0.3, -0.25) is 0 Å². The van der Waals surface area contributed by atoms with Gasteiger partial charge in [-0.25, -0.2) is 0 Å². The summed E-state index contributed by atoms with van der Waals surface area (Å²) in [6.07, 6.45) is 4.18. The predicted molar refractivity (Wildman–Crippen MR) is 71.8 cm³/mol. The first kappa shape index (κ1) is 12.1. The van der Waals surface area contributed by atoms with Gasteiger partial charge >= 0.3 is 0 Å². The maximum absolute atomic E-state index is 3.83. The summed E-state index contributed by atoms with van der Waals surface area (Å²) in [4.78, 5) is 0. The van der Waals surface area contributed by atoms with Gasteiger partial charge in [0.2, 0.25) is 0 Å². The molecule has 0 aromatic carbocycles. The Hall–Kier alpha value is -0.340. The van der Waals surface area contributed by atoms with Gasteiger partial charge in [0.05, 0.1) is 0 Å². The monoisotopic (exact) mass is 237 g/mol. The van der Waals surface area contributed by atoms with E-state index in [0.717, 1.165) is 11.8 Å². The third kappa shape index (κ3) is 2.67. The molecule has 3 atom stereocenters. The standard InChI is InChI=1S/C14H23NS/c1-10-5-4-6-11(2)14(10)15-12(3)13-7-8-16-9-13/h7-12,14-15H,4-6H2,1-3H3. The zero-order valence-electron chi connectivity index (χ0n) is 10.6. The summed E-state index contributed by atoms with van der Waals surface area (Å²) < 4.78 is 0. The van der Waals surface area contributed by atoms with Gasteiger partial charge in [0, 0.05) is 12.1 Å². The first-order valence-corrected chi connectivity index (χ1v) is 7.41. The molecule has 0 amide bonds. The minimum absolute atomic E-state index is 0.499. The predicted octanol–water partition coefficient (Wildman–Crippen LogP) is 4.22. The van der Waals surface area contributed by atoms with Gasteiger partial charge in [-0.15, -0.1) is 0 Å². The van der Waals surface area contributed by atoms with Gasteiger partial charge in [0.25, 0.3) is 0 Å². The normalized spacial score (nSPS) is 32.6. The molecule has 1 heterocycles. The molecule has 1 N–H and O–H groups in total. The maximum atomic E-state index is 3.83. The number of hydrogen-bond donors (Lipinski definition) is 1. The Morgan fingerprint density at radius 3 is 2.56 bits per heavy atom. The van der Waals surface area contributed by atoms with Crippen LogP contribution in [0.1, 0.15) is 51.6 Å². The molecular weight excluding hydrogens is 214 g/mol. The van der Waals surface area contributed by atoms with Crippen LogP contribution in [0.5, 0.6) is 0 Å². The van der Waals surface area contributed by atoms with Crippen LogP contribution in [0.25, 0.3) is 0 Å². The highest BCUT2D eigenvalue weighted by atomic mass is 32.1. The van der Waals surface area contributed by atoms with E-state index in [2.05, 4.69) is 42.9 Å². The Morgan fingerprint density at radius 2 is 2.00 bits per heavy atom. The topological polar surface area (TPSA) is 12.0 Å². The fraction of sp³-hybridized carbons (Fsp3) is 0.714. The van der Waals surface area contributed by atoms with Crippen molar-refractivity contribution >= 4 is 11.3 Å². The molecule has 90 valence electrons. The second-order valence-electron chi connectivity index (χ2n) is 5.36. The Labute approximate surface area is 103 Å². The van der Waals surface area contributed by atoms with E-state index in [9.17, 15) is 0 Å². The molecule has 0 aliphatic heterocycles. The summed E-state index contributed by atoms with van der Waals surface area (Å²) in [7, 11) is 0. The molecule has 0 spiro atoms. The molecule has 1 fully saturated rings. The highest BCUT2D eigenvalue weighted by Crippen LogP contribution is 2.30. The Bertz CT molecular complexity index is 297. The van der Waals surface area contributed by atoms with E-state index in [4.69, 9.17) is 0 Å². The van der Waals surface area contributed by atoms with Crippen molar-refractivity contribution in [2.45, 2.75) is 52.1 Å². The highest BCUT2D eigenvalue weighted by molar-refractivity contribution is 7.07. The largest absolute Gasteiger partial charge is 0.307 e. The zero-order valence-corrected chi connectivity index (χ0v) is 11.4. The molecule has 3 unspecified atom stereocenters. The SMILES string of the molecule is CC(NC1C(C)CCCC1C)c1ccsc1. The first-order valence-electron chi connectivity index (χ1n) is 6.46. The fourth-order valence-electron chi connectivity index (χ4n) is 2.92. The molecule has 1 nitrogen and oxygen atoms in total. The van der Waals surface area contributed by atoms with Gasteiger partial charge < -0.3 is 5.32 Å². The van der Waals surface area contributed by atoms with E-state index in [1.165, 1.54) is 24.8 Å². The van der Waals surface area contributed by atoms with Crippen molar-refractivity contribution in [1.29, 1.82) is 0 Å². The van der Waals surface area contributed by atoms with Gasteiger partial charge in [-0.2, -0.15) is 11.3 Å². The molecule has 0 saturated heterocycles. The van der Waals surface area contributed by atoms with E-state index >= 15 is 0 Å². The quantitative estimate of drug-likeness (QED) is 0.830. The summed E-state index contributed by atoms with van der Waals surface area (Å²) >= 11 is 1.79. The third-order valence-corrected chi connectivity index (χ3v) is 4.73. The van der Waals surface area contributed by atoms with E-state index in [-0.39, 0.29) is 0 Å². The van der Waals surface area contributed by atoms with Gasteiger partial charge in [0.1, 0.15) is 0 Å². The molecule has 2 heteroatoms. The fourth-order valence-corrected chi connectivity index (χ4v) is 3.67. The van der Waals surface area contributed by atoms with E-state index in [1.807, 2.05) is 0 Å². The molecule has 16 heavy (non-hydrogen) atoms. The van der Waals surface area contributed by atoms with E-state index in [0.29, 0.717) is 12.1 Å². The van der Waals surface area contributed by atoms with Crippen molar-refractivity contribution in [2.75, 3.05) is 0 Å². The molecule has 1 saturated carbocycles. The Kier molecular flexibility index (Phi) is 4.04. The smallest absolute Gasteiger partial charge is 0.0302 e. The van der Waals surface area contributed by atoms with Gasteiger partial charge in [-0.1, -0.05) is 20.3 Å². The summed E-state index contributed by atoms with van der Waals surface area (Å²) in [5.41, 5.74) is 1.44. The first-order chi connectivity index (χ1) is 7.68. The minimum atomic E-state index is 0.499. The number of rotatable bonds is 3. The van der Waals surface area contributed by atoms with E-state index < -0.39 is 0 Å². The average Bonchev–Trinajstić information content (AvgIpc) is 2.76. The molecular formula is C14H23NS. The van der Waals surface area contributed by atoms with Crippen molar-refractivity contribution in [3.63, 3.8) is 0 Å². The second kappa shape index (κ2) is 5.33. The van der Waals surface area contributed by atoms with Crippen molar-refractivity contribution < 1.29 is 0 Å². The average molecular weight is 237 g/mol. The van der Waals surface area contributed by atoms with Crippen molar-refractivity contribution in [3.05, 3.63) is 22.4 Å². The van der Waals surface area contributed by atoms with Crippen LogP contribution in [0.3, 0.4) is 0 Å². The molecule has 1 aliphatic rings. The van der Waals surface area contributed by atoms with Crippen LogP contribution in [0.4, 0.5) is 0 Å². The summed E-state index contributed by atoms with van der Waals surface area (Å²) in [5.74, 6) is 1.65. The van der Waals surface area contributed by atoms with Crippen molar-refractivity contribution in [2.24, 2.45) is 11.8 Å². The maximum Gasteiger partial charge on any atom is 0.0302 e.